The van der Waals surface area contributed by atoms with E-state index < -0.39 is 0 Å². The molecule has 0 bridgehead atoms. The maximum absolute atomic E-state index is 5.36. The highest BCUT2D eigenvalue weighted by molar-refractivity contribution is 5.27. The first-order valence-electron chi connectivity index (χ1n) is 6.08. The number of aromatic nitrogens is 2. The van der Waals surface area contributed by atoms with E-state index >= 15 is 0 Å². The van der Waals surface area contributed by atoms with Crippen molar-refractivity contribution in [2.75, 3.05) is 34.3 Å². The Hall–Kier alpha value is -1.07. The van der Waals surface area contributed by atoms with Gasteiger partial charge >= 0.3 is 0 Å². The molecule has 0 aromatic carbocycles. The van der Waals surface area contributed by atoms with Crippen LogP contribution in [0, 0.1) is 0 Å². The van der Waals surface area contributed by atoms with Crippen LogP contribution in [0.4, 0.5) is 0 Å². The van der Waals surface area contributed by atoms with Crippen LogP contribution in [0.15, 0.2) is 6.20 Å². The summed E-state index contributed by atoms with van der Waals surface area (Å²) in [5.74, 6) is 0.859. The zero-order valence-electron chi connectivity index (χ0n) is 11.5. The van der Waals surface area contributed by atoms with Gasteiger partial charge in [0.2, 0.25) is 0 Å². The molecule has 1 rings (SSSR count). The molecule has 1 heterocycles. The summed E-state index contributed by atoms with van der Waals surface area (Å²) in [6, 6.07) is 0.250. The predicted molar refractivity (Wildman–Crippen MR) is 69.4 cm³/mol. The summed E-state index contributed by atoms with van der Waals surface area (Å²) in [5.41, 5.74) is 1.12. The molecule has 0 amide bonds. The van der Waals surface area contributed by atoms with Crippen molar-refractivity contribution in [2.45, 2.75) is 26.4 Å². The van der Waals surface area contributed by atoms with E-state index in [-0.39, 0.29) is 6.04 Å². The standard InChI is InChI=1S/C12H24N4O/c1-6-13-10(2)12-11(17-5)9-14-16(12)8-7-15(3)4/h9-10,13H,6-8H2,1-5H3. The third-order valence-corrected chi connectivity index (χ3v) is 2.74. The molecular weight excluding hydrogens is 216 g/mol. The van der Waals surface area contributed by atoms with Crippen LogP contribution in [0.1, 0.15) is 25.6 Å². The third-order valence-electron chi connectivity index (χ3n) is 2.74. The molecular formula is C12H24N4O. The quantitative estimate of drug-likeness (QED) is 0.775. The molecule has 1 aromatic heterocycles. The predicted octanol–water partition coefficient (Wildman–Crippen LogP) is 1.12. The number of methoxy groups -OCH3 is 1. The molecule has 98 valence electrons. The fraction of sp³-hybridized carbons (Fsp3) is 0.750. The Bertz CT molecular complexity index is 335. The second-order valence-electron chi connectivity index (χ2n) is 4.40. The van der Waals surface area contributed by atoms with Gasteiger partial charge in [0.05, 0.1) is 31.6 Å². The Morgan fingerprint density at radius 3 is 2.76 bits per heavy atom. The van der Waals surface area contributed by atoms with Gasteiger partial charge in [0.25, 0.3) is 0 Å². The van der Waals surface area contributed by atoms with E-state index in [1.807, 2.05) is 4.68 Å². The minimum atomic E-state index is 0.250. The molecule has 5 heteroatoms. The van der Waals surface area contributed by atoms with E-state index in [1.165, 1.54) is 0 Å². The number of nitrogens with one attached hydrogen (secondary N) is 1. The maximum atomic E-state index is 5.36. The largest absolute Gasteiger partial charge is 0.493 e. The van der Waals surface area contributed by atoms with Crippen LogP contribution in [0.2, 0.25) is 0 Å². The summed E-state index contributed by atoms with van der Waals surface area (Å²) in [5, 5.41) is 7.78. The van der Waals surface area contributed by atoms with Crippen molar-refractivity contribution in [3.05, 3.63) is 11.9 Å². The van der Waals surface area contributed by atoms with Gasteiger partial charge in [-0.2, -0.15) is 5.10 Å². The zero-order chi connectivity index (χ0) is 12.8. The molecule has 0 saturated heterocycles. The Balaban J connectivity index is 2.85. The SMILES string of the molecule is CCNC(C)c1c(OC)cnn1CCN(C)C. The monoisotopic (exact) mass is 240 g/mol. The van der Waals surface area contributed by atoms with Crippen LogP contribution in [-0.4, -0.2) is 49.0 Å². The molecule has 0 aliphatic heterocycles. The lowest BCUT2D eigenvalue weighted by Crippen LogP contribution is -2.25. The van der Waals surface area contributed by atoms with Crippen LogP contribution in [0.25, 0.3) is 0 Å². The van der Waals surface area contributed by atoms with Crippen molar-refractivity contribution >= 4 is 0 Å². The van der Waals surface area contributed by atoms with Crippen LogP contribution < -0.4 is 10.1 Å². The molecule has 1 N–H and O–H groups in total. The molecule has 0 radical (unpaired) electrons. The molecule has 0 saturated carbocycles. The van der Waals surface area contributed by atoms with E-state index in [1.54, 1.807) is 13.3 Å². The maximum Gasteiger partial charge on any atom is 0.161 e. The minimum Gasteiger partial charge on any atom is -0.493 e. The minimum absolute atomic E-state index is 0.250. The van der Waals surface area contributed by atoms with Crippen LogP contribution in [0.3, 0.4) is 0 Å². The topological polar surface area (TPSA) is 42.3 Å². The summed E-state index contributed by atoms with van der Waals surface area (Å²) in [4.78, 5) is 2.15. The fourth-order valence-corrected chi connectivity index (χ4v) is 1.85. The molecule has 17 heavy (non-hydrogen) atoms. The molecule has 0 spiro atoms. The van der Waals surface area contributed by atoms with Crippen LogP contribution in [0.5, 0.6) is 5.75 Å². The highest BCUT2D eigenvalue weighted by atomic mass is 16.5. The molecule has 0 aliphatic rings. The van der Waals surface area contributed by atoms with Crippen molar-refractivity contribution in [3.8, 4) is 5.75 Å². The molecule has 5 nitrogen and oxygen atoms in total. The third kappa shape index (κ3) is 3.71. The first-order chi connectivity index (χ1) is 8.10. The lowest BCUT2D eigenvalue weighted by atomic mass is 10.2. The zero-order valence-corrected chi connectivity index (χ0v) is 11.5. The number of hydrogen-bond donors (Lipinski definition) is 1. The van der Waals surface area contributed by atoms with E-state index in [4.69, 9.17) is 4.74 Å². The number of nitrogens with zero attached hydrogens (tertiary/aromatic N) is 3. The van der Waals surface area contributed by atoms with E-state index in [0.717, 1.165) is 31.1 Å². The average Bonchev–Trinajstić information content (AvgIpc) is 2.69. The second-order valence-corrected chi connectivity index (χ2v) is 4.40. The van der Waals surface area contributed by atoms with Gasteiger partial charge in [-0.3, -0.25) is 4.68 Å². The Labute approximate surface area is 104 Å². The lowest BCUT2D eigenvalue weighted by molar-refractivity contribution is 0.357. The average molecular weight is 240 g/mol. The van der Waals surface area contributed by atoms with Crippen LogP contribution in [-0.2, 0) is 6.54 Å². The Kier molecular flexibility index (Phi) is 5.44. The van der Waals surface area contributed by atoms with E-state index in [0.29, 0.717) is 0 Å². The number of likely N-dealkylation sites (N-methyl/N-ethyl adjacent to an activating group) is 1. The van der Waals surface area contributed by atoms with Crippen LogP contribution >= 0.6 is 0 Å². The van der Waals surface area contributed by atoms with Gasteiger partial charge in [0.15, 0.2) is 5.75 Å². The summed E-state index contributed by atoms with van der Waals surface area (Å²) < 4.78 is 7.38. The second kappa shape index (κ2) is 6.61. The van der Waals surface area contributed by atoms with Gasteiger partial charge < -0.3 is 15.0 Å². The Morgan fingerprint density at radius 1 is 1.53 bits per heavy atom. The number of rotatable bonds is 7. The lowest BCUT2D eigenvalue weighted by Gasteiger charge is -2.17. The fourth-order valence-electron chi connectivity index (χ4n) is 1.85. The van der Waals surface area contributed by atoms with Gasteiger partial charge in [0.1, 0.15) is 0 Å². The molecule has 1 unspecified atom stereocenters. The smallest absolute Gasteiger partial charge is 0.161 e. The molecule has 1 aromatic rings. The summed E-state index contributed by atoms with van der Waals surface area (Å²) >= 11 is 0. The van der Waals surface area contributed by atoms with Crippen molar-refractivity contribution < 1.29 is 4.74 Å². The number of hydrogen-bond acceptors (Lipinski definition) is 4. The molecule has 1 atom stereocenters. The Morgan fingerprint density at radius 2 is 2.24 bits per heavy atom. The van der Waals surface area contributed by atoms with E-state index in [9.17, 15) is 0 Å². The normalized spacial score (nSPS) is 13.1. The highest BCUT2D eigenvalue weighted by Crippen LogP contribution is 2.24. The van der Waals surface area contributed by atoms with Crippen molar-refractivity contribution in [1.82, 2.24) is 20.0 Å². The van der Waals surface area contributed by atoms with Gasteiger partial charge in [-0.05, 0) is 27.6 Å². The first kappa shape index (κ1) is 14.0. The van der Waals surface area contributed by atoms with Crippen molar-refractivity contribution in [3.63, 3.8) is 0 Å². The first-order valence-corrected chi connectivity index (χ1v) is 6.08. The van der Waals surface area contributed by atoms with E-state index in [2.05, 4.69) is 43.3 Å². The summed E-state index contributed by atoms with van der Waals surface area (Å²) in [6.07, 6.45) is 1.79. The van der Waals surface area contributed by atoms with Crippen molar-refractivity contribution in [1.29, 1.82) is 0 Å². The van der Waals surface area contributed by atoms with Gasteiger partial charge in [-0.25, -0.2) is 0 Å². The molecule has 0 aliphatic carbocycles. The molecule has 0 fully saturated rings. The highest BCUT2D eigenvalue weighted by Gasteiger charge is 2.17. The summed E-state index contributed by atoms with van der Waals surface area (Å²) in [6.45, 7) is 7.01. The van der Waals surface area contributed by atoms with Crippen molar-refractivity contribution in [2.24, 2.45) is 0 Å². The van der Waals surface area contributed by atoms with Gasteiger partial charge in [0, 0.05) is 6.54 Å². The number of ether oxygens (including phenoxy) is 1. The van der Waals surface area contributed by atoms with Gasteiger partial charge in [-0.15, -0.1) is 0 Å². The summed E-state index contributed by atoms with van der Waals surface area (Å²) in [7, 11) is 5.82. The van der Waals surface area contributed by atoms with Gasteiger partial charge in [-0.1, -0.05) is 6.92 Å².